The maximum Gasteiger partial charge on any atom is 0.341 e. The van der Waals surface area contributed by atoms with Crippen molar-refractivity contribution in [2.75, 3.05) is 5.32 Å². The summed E-state index contributed by atoms with van der Waals surface area (Å²) in [5.41, 5.74) is 1.96. The van der Waals surface area contributed by atoms with Gasteiger partial charge < -0.3 is 15.7 Å². The van der Waals surface area contributed by atoms with Gasteiger partial charge in [-0.15, -0.1) is 11.8 Å². The van der Waals surface area contributed by atoms with E-state index in [4.69, 9.17) is 4.98 Å². The minimum absolute atomic E-state index is 0.115. The van der Waals surface area contributed by atoms with Crippen molar-refractivity contribution in [3.63, 3.8) is 0 Å². The van der Waals surface area contributed by atoms with Gasteiger partial charge in [0.2, 0.25) is 0 Å². The van der Waals surface area contributed by atoms with Gasteiger partial charge in [-0.1, -0.05) is 6.08 Å². The maximum absolute atomic E-state index is 11.9. The van der Waals surface area contributed by atoms with Crippen molar-refractivity contribution in [1.29, 1.82) is 0 Å². The molecule has 2 aliphatic heterocycles. The summed E-state index contributed by atoms with van der Waals surface area (Å²) < 4.78 is 1.66. The fourth-order valence-corrected chi connectivity index (χ4v) is 4.26. The second-order valence-electron chi connectivity index (χ2n) is 7.00. The molecule has 3 amide bonds. The van der Waals surface area contributed by atoms with E-state index in [1.165, 1.54) is 17.8 Å². The molecular formula is C18H16N6O4S. The summed E-state index contributed by atoms with van der Waals surface area (Å²) in [6.07, 6.45) is 7.54. The molecule has 2 aromatic rings. The number of aromatic nitrogens is 3. The van der Waals surface area contributed by atoms with Crippen LogP contribution in [-0.2, 0) is 9.59 Å². The third-order valence-electron chi connectivity index (χ3n) is 4.80. The van der Waals surface area contributed by atoms with Crippen LogP contribution < -0.4 is 16.0 Å². The topological polar surface area (TPSA) is 138 Å². The van der Waals surface area contributed by atoms with Crippen LogP contribution in [0, 0.1) is 0 Å². The van der Waals surface area contributed by atoms with Crippen molar-refractivity contribution < 1.29 is 19.5 Å². The Labute approximate surface area is 168 Å². The summed E-state index contributed by atoms with van der Waals surface area (Å²) in [4.78, 5) is 39.5. The first-order chi connectivity index (χ1) is 14.0. The van der Waals surface area contributed by atoms with Gasteiger partial charge in [-0.05, 0) is 25.3 Å². The molecule has 11 heteroatoms. The number of nitrogens with one attached hydrogen (secondary N) is 3. The number of allylic oxidation sites excluding steroid dienone is 1. The summed E-state index contributed by atoms with van der Waals surface area (Å²) in [6, 6.07) is 1.70. The second-order valence-corrected chi connectivity index (χ2v) is 8.25. The Morgan fingerprint density at radius 3 is 2.83 bits per heavy atom. The number of amides is 3. The molecule has 1 unspecified atom stereocenters. The van der Waals surface area contributed by atoms with Gasteiger partial charge in [0.1, 0.15) is 11.5 Å². The van der Waals surface area contributed by atoms with Crippen LogP contribution in [0.5, 0.6) is 0 Å². The second kappa shape index (κ2) is 6.62. The predicted molar refractivity (Wildman–Crippen MR) is 105 cm³/mol. The molecule has 29 heavy (non-hydrogen) atoms. The van der Waals surface area contributed by atoms with E-state index in [1.54, 1.807) is 16.8 Å². The number of thioether (sulfide) groups is 1. The van der Waals surface area contributed by atoms with Crippen molar-refractivity contribution in [1.82, 2.24) is 25.2 Å². The van der Waals surface area contributed by atoms with Gasteiger partial charge in [-0.3, -0.25) is 10.1 Å². The molecule has 1 atom stereocenters. The summed E-state index contributed by atoms with van der Waals surface area (Å²) in [6.45, 7) is 0. The van der Waals surface area contributed by atoms with Gasteiger partial charge in [0, 0.05) is 17.7 Å². The number of hydrogen-bond donors (Lipinski definition) is 4. The van der Waals surface area contributed by atoms with E-state index < -0.39 is 17.9 Å². The number of anilines is 1. The number of carbonyl (C=O) groups is 3. The van der Waals surface area contributed by atoms with Crippen molar-refractivity contribution in [3.05, 3.63) is 40.2 Å². The molecule has 0 bridgehead atoms. The molecule has 5 rings (SSSR count). The smallest absolute Gasteiger partial charge is 0.341 e. The van der Waals surface area contributed by atoms with Crippen molar-refractivity contribution in [2.45, 2.75) is 30.6 Å². The lowest BCUT2D eigenvalue weighted by Gasteiger charge is -2.13. The Morgan fingerprint density at radius 2 is 2.17 bits per heavy atom. The molecule has 2 aromatic heterocycles. The molecule has 0 aromatic carbocycles. The normalized spacial score (nSPS) is 22.7. The fraction of sp³-hybridized carbons (Fsp3) is 0.278. The Bertz CT molecular complexity index is 1130. The first-order valence-electron chi connectivity index (χ1n) is 9.07. The van der Waals surface area contributed by atoms with Gasteiger partial charge in [0.15, 0.2) is 5.65 Å². The SMILES string of the molecule is O=C1NC(=O)/C(=C/c2cnn3c(NC4CC4)cc(C4CC=C(C(=O)O)S4)nc23)N1. The lowest BCUT2D eigenvalue weighted by atomic mass is 10.2. The lowest BCUT2D eigenvalue weighted by Crippen LogP contribution is -2.22. The van der Waals surface area contributed by atoms with Crippen molar-refractivity contribution in [3.8, 4) is 0 Å². The zero-order chi connectivity index (χ0) is 20.1. The first kappa shape index (κ1) is 17.7. The average molecular weight is 412 g/mol. The molecule has 3 aliphatic rings. The number of hydrogen-bond acceptors (Lipinski definition) is 7. The quantitative estimate of drug-likeness (QED) is 0.429. The van der Waals surface area contributed by atoms with Crippen LogP contribution in [0.15, 0.2) is 28.9 Å². The first-order valence-corrected chi connectivity index (χ1v) is 9.95. The van der Waals surface area contributed by atoms with Crippen molar-refractivity contribution >= 4 is 47.2 Å². The third kappa shape index (κ3) is 3.33. The van der Waals surface area contributed by atoms with Gasteiger partial charge in [0.25, 0.3) is 5.91 Å². The number of rotatable bonds is 5. The maximum atomic E-state index is 11.9. The number of carboxylic acid groups (broad SMARTS) is 1. The predicted octanol–water partition coefficient (Wildman–Crippen LogP) is 1.63. The number of urea groups is 1. The zero-order valence-corrected chi connectivity index (χ0v) is 15.8. The number of aliphatic carboxylic acids is 1. The largest absolute Gasteiger partial charge is 0.477 e. The standard InChI is InChI=1S/C18H16N6O4S/c25-16-11(22-18(28)23-16)5-8-7-19-24-14(20-9-1-2-9)6-10(21-15(8)24)12-3-4-13(29-12)17(26)27/h4-7,9,12,20H,1-3H2,(H,26,27)(H2,22,23,25,28)/b11-5-. The molecule has 1 aliphatic carbocycles. The van der Waals surface area contributed by atoms with Gasteiger partial charge in [0.05, 0.1) is 22.0 Å². The van der Waals surface area contributed by atoms with E-state index in [0.717, 1.165) is 24.4 Å². The van der Waals surface area contributed by atoms with E-state index in [0.29, 0.717) is 28.6 Å². The third-order valence-corrected chi connectivity index (χ3v) is 6.11. The molecule has 10 nitrogen and oxygen atoms in total. The highest BCUT2D eigenvalue weighted by Crippen LogP contribution is 2.44. The highest BCUT2D eigenvalue weighted by atomic mass is 32.2. The minimum Gasteiger partial charge on any atom is -0.477 e. The monoisotopic (exact) mass is 412 g/mol. The average Bonchev–Trinajstić information content (AvgIpc) is 3.08. The van der Waals surface area contributed by atoms with Crippen LogP contribution in [0.2, 0.25) is 0 Å². The number of carboxylic acids is 1. The van der Waals surface area contributed by atoms with Crippen LogP contribution >= 0.6 is 11.8 Å². The molecular weight excluding hydrogens is 396 g/mol. The van der Waals surface area contributed by atoms with E-state index in [9.17, 15) is 19.5 Å². The number of fused-ring (bicyclic) bond motifs is 1. The van der Waals surface area contributed by atoms with Gasteiger partial charge in [-0.2, -0.15) is 9.61 Å². The van der Waals surface area contributed by atoms with Crippen LogP contribution in [0.1, 0.15) is 35.8 Å². The number of imide groups is 1. The van der Waals surface area contributed by atoms with Gasteiger partial charge >= 0.3 is 12.0 Å². The van der Waals surface area contributed by atoms with E-state index in [1.807, 2.05) is 6.07 Å². The zero-order valence-electron chi connectivity index (χ0n) is 15.0. The van der Waals surface area contributed by atoms with Crippen LogP contribution in [0.25, 0.3) is 11.7 Å². The Balaban J connectivity index is 1.56. The summed E-state index contributed by atoms with van der Waals surface area (Å²) >= 11 is 1.27. The van der Waals surface area contributed by atoms with Crippen LogP contribution in [0.4, 0.5) is 10.6 Å². The summed E-state index contributed by atoms with van der Waals surface area (Å²) in [7, 11) is 0. The molecule has 0 radical (unpaired) electrons. The molecule has 0 spiro atoms. The van der Waals surface area contributed by atoms with Crippen molar-refractivity contribution in [2.24, 2.45) is 0 Å². The minimum atomic E-state index is -0.937. The highest BCUT2D eigenvalue weighted by molar-refractivity contribution is 8.04. The Kier molecular flexibility index (Phi) is 4.05. The Hall–Kier alpha value is -3.34. The molecule has 2 fully saturated rings. The fourth-order valence-electron chi connectivity index (χ4n) is 3.23. The van der Waals surface area contributed by atoms with Crippen LogP contribution in [-0.4, -0.2) is 43.7 Å². The number of nitrogens with zero attached hydrogens (tertiary/aromatic N) is 3. The molecule has 4 N–H and O–H groups in total. The molecule has 1 saturated carbocycles. The molecule has 1 saturated heterocycles. The highest BCUT2D eigenvalue weighted by Gasteiger charge is 2.29. The summed E-state index contributed by atoms with van der Waals surface area (Å²) in [5.74, 6) is -0.683. The molecule has 4 heterocycles. The Morgan fingerprint density at radius 1 is 1.34 bits per heavy atom. The number of carbonyl (C=O) groups excluding carboxylic acids is 2. The van der Waals surface area contributed by atoms with Gasteiger partial charge in [-0.25, -0.2) is 14.6 Å². The molecule has 148 valence electrons. The van der Waals surface area contributed by atoms with E-state index >= 15 is 0 Å². The van der Waals surface area contributed by atoms with Crippen LogP contribution in [0.3, 0.4) is 0 Å². The van der Waals surface area contributed by atoms with E-state index in [-0.39, 0.29) is 10.9 Å². The summed E-state index contributed by atoms with van der Waals surface area (Å²) in [5, 5.41) is 21.5. The lowest BCUT2D eigenvalue weighted by molar-refractivity contribution is -0.131. The van der Waals surface area contributed by atoms with E-state index in [2.05, 4.69) is 21.0 Å².